The molecule has 1 aromatic rings. The monoisotopic (exact) mass is 426 g/mol. The first-order valence-electron chi connectivity index (χ1n) is 9.46. The van der Waals surface area contributed by atoms with Crippen LogP contribution >= 0.6 is 23.6 Å². The molecule has 0 aromatic carbocycles. The summed E-state index contributed by atoms with van der Waals surface area (Å²) in [5.41, 5.74) is 1.17. The topological polar surface area (TPSA) is 76.7 Å². The molecule has 0 saturated heterocycles. The van der Waals surface area contributed by atoms with Crippen LogP contribution in [0.3, 0.4) is 0 Å². The van der Waals surface area contributed by atoms with Gasteiger partial charge in [-0.3, -0.25) is 0 Å². The molecule has 1 aromatic heterocycles. The Labute approximate surface area is 176 Å². The average Bonchev–Trinajstić information content (AvgIpc) is 2.96. The van der Waals surface area contributed by atoms with Gasteiger partial charge in [0, 0.05) is 6.04 Å². The fraction of sp³-hybridized carbons (Fsp3) is 0.650. The summed E-state index contributed by atoms with van der Waals surface area (Å²) >= 11 is 6.61. The molecule has 0 bridgehead atoms. The van der Waals surface area contributed by atoms with E-state index in [-0.39, 0.29) is 0 Å². The van der Waals surface area contributed by atoms with Crippen LogP contribution in [0.25, 0.3) is 0 Å². The van der Waals surface area contributed by atoms with Crippen LogP contribution in [0.2, 0.25) is 0 Å². The molecule has 0 amide bonds. The third kappa shape index (κ3) is 5.23. The second-order valence-electron chi connectivity index (χ2n) is 8.26. The zero-order chi connectivity index (χ0) is 21.1. The van der Waals surface area contributed by atoms with Gasteiger partial charge in [0.1, 0.15) is 9.88 Å². The van der Waals surface area contributed by atoms with Gasteiger partial charge in [0.05, 0.1) is 19.8 Å². The predicted molar refractivity (Wildman–Crippen MR) is 116 cm³/mol. The fourth-order valence-electron chi connectivity index (χ4n) is 3.67. The Bertz CT molecular complexity index is 744. The van der Waals surface area contributed by atoms with E-state index in [2.05, 4.69) is 31.4 Å². The number of carbonyl (C=O) groups excluding carboxylic acids is 2. The van der Waals surface area contributed by atoms with Crippen LogP contribution in [0.5, 0.6) is 0 Å². The lowest BCUT2D eigenvalue weighted by Gasteiger charge is -2.37. The first kappa shape index (κ1) is 22.6. The highest BCUT2D eigenvalue weighted by Crippen LogP contribution is 2.38. The summed E-state index contributed by atoms with van der Waals surface area (Å²) in [5.74, 6) is -0.277. The van der Waals surface area contributed by atoms with Gasteiger partial charge in [-0.05, 0) is 61.7 Å². The molecule has 0 atom stereocenters. The number of esters is 2. The number of thiophene rings is 1. The third-order valence-corrected chi connectivity index (χ3v) is 6.83. The molecule has 156 valence electrons. The van der Waals surface area contributed by atoms with E-state index < -0.39 is 11.9 Å². The van der Waals surface area contributed by atoms with Crippen LogP contribution < -0.4 is 10.6 Å². The third-order valence-electron chi connectivity index (χ3n) is 5.42. The molecule has 0 radical (unpaired) electrons. The summed E-state index contributed by atoms with van der Waals surface area (Å²) < 4.78 is 9.68. The van der Waals surface area contributed by atoms with E-state index in [0.29, 0.717) is 37.6 Å². The molecule has 0 aliphatic heterocycles. The van der Waals surface area contributed by atoms with Crippen molar-refractivity contribution in [2.24, 2.45) is 11.3 Å². The number of anilines is 1. The normalized spacial score (nSPS) is 19.6. The Morgan fingerprint density at radius 1 is 1.07 bits per heavy atom. The summed E-state index contributed by atoms with van der Waals surface area (Å²) in [6, 6.07) is 0.307. The van der Waals surface area contributed by atoms with E-state index in [1.54, 1.807) is 6.92 Å². The lowest BCUT2D eigenvalue weighted by molar-refractivity contribution is 0.0601. The molecule has 1 heterocycles. The largest absolute Gasteiger partial charge is 0.465 e. The number of hydrogen-bond donors (Lipinski definition) is 2. The minimum absolute atomic E-state index is 0.307. The highest BCUT2D eigenvalue weighted by Gasteiger charge is 2.30. The van der Waals surface area contributed by atoms with Crippen LogP contribution in [0.15, 0.2) is 0 Å². The van der Waals surface area contributed by atoms with Gasteiger partial charge in [-0.2, -0.15) is 0 Å². The van der Waals surface area contributed by atoms with Crippen molar-refractivity contribution < 1.29 is 19.1 Å². The molecule has 1 aliphatic rings. The predicted octanol–water partition coefficient (Wildman–Crippen LogP) is 4.52. The zero-order valence-corrected chi connectivity index (χ0v) is 19.1. The molecule has 0 unspecified atom stereocenters. The Morgan fingerprint density at radius 2 is 1.64 bits per heavy atom. The molecule has 1 aliphatic carbocycles. The van der Waals surface area contributed by atoms with Crippen molar-refractivity contribution in [2.45, 2.75) is 59.4 Å². The number of nitrogens with one attached hydrogen (secondary N) is 2. The lowest BCUT2D eigenvalue weighted by atomic mass is 9.71. The van der Waals surface area contributed by atoms with Gasteiger partial charge < -0.3 is 20.1 Å². The van der Waals surface area contributed by atoms with Crippen molar-refractivity contribution in [1.29, 1.82) is 0 Å². The van der Waals surface area contributed by atoms with Crippen molar-refractivity contribution in [3.63, 3.8) is 0 Å². The zero-order valence-electron chi connectivity index (χ0n) is 17.4. The van der Waals surface area contributed by atoms with Crippen molar-refractivity contribution in [2.75, 3.05) is 19.5 Å². The maximum absolute atomic E-state index is 12.2. The number of hydrogen-bond acceptors (Lipinski definition) is 6. The first-order valence-corrected chi connectivity index (χ1v) is 10.7. The van der Waals surface area contributed by atoms with E-state index >= 15 is 0 Å². The van der Waals surface area contributed by atoms with Gasteiger partial charge in [0.2, 0.25) is 0 Å². The maximum Gasteiger partial charge on any atom is 0.348 e. The molecule has 28 heavy (non-hydrogen) atoms. The van der Waals surface area contributed by atoms with E-state index in [1.165, 1.54) is 27.1 Å². The average molecular weight is 427 g/mol. The van der Waals surface area contributed by atoms with Crippen molar-refractivity contribution >= 4 is 45.6 Å². The smallest absolute Gasteiger partial charge is 0.348 e. The number of methoxy groups -OCH3 is 2. The molecular weight excluding hydrogens is 396 g/mol. The molecule has 6 nitrogen and oxygen atoms in total. The van der Waals surface area contributed by atoms with Crippen LogP contribution in [-0.4, -0.2) is 37.3 Å². The van der Waals surface area contributed by atoms with Gasteiger partial charge in [-0.15, -0.1) is 11.3 Å². The molecule has 2 rings (SSSR count). The molecule has 0 spiro atoms. The van der Waals surface area contributed by atoms with Crippen molar-refractivity contribution in [3.8, 4) is 0 Å². The first-order chi connectivity index (χ1) is 13.1. The quantitative estimate of drug-likeness (QED) is 0.541. The van der Waals surface area contributed by atoms with Crippen LogP contribution in [0.4, 0.5) is 5.00 Å². The Morgan fingerprint density at radius 3 is 2.14 bits per heavy atom. The fourth-order valence-corrected chi connectivity index (χ4v) is 5.12. The van der Waals surface area contributed by atoms with Crippen molar-refractivity contribution in [3.05, 3.63) is 16.0 Å². The number of thiocarbonyl (C=S) groups is 1. The molecule has 1 saturated carbocycles. The SMILES string of the molecule is COC(=O)c1sc(NC(=S)NC2CCC(C(C)(C)C)CC2)c(C(=O)OC)c1C. The molecule has 2 N–H and O–H groups in total. The summed E-state index contributed by atoms with van der Waals surface area (Å²) in [6.45, 7) is 8.59. The van der Waals surface area contributed by atoms with E-state index in [1.807, 2.05) is 0 Å². The van der Waals surface area contributed by atoms with E-state index in [0.717, 1.165) is 30.1 Å². The highest BCUT2D eigenvalue weighted by molar-refractivity contribution is 7.80. The molecular formula is C20H30N2O4S2. The highest BCUT2D eigenvalue weighted by atomic mass is 32.1. The lowest BCUT2D eigenvalue weighted by Crippen LogP contribution is -2.41. The molecule has 1 fully saturated rings. The Hall–Kier alpha value is -1.67. The maximum atomic E-state index is 12.2. The van der Waals surface area contributed by atoms with E-state index in [9.17, 15) is 9.59 Å². The summed E-state index contributed by atoms with van der Waals surface area (Å²) in [5, 5.41) is 7.38. The molecule has 8 heteroatoms. The van der Waals surface area contributed by atoms with Gasteiger partial charge in [-0.1, -0.05) is 20.8 Å². The van der Waals surface area contributed by atoms with Gasteiger partial charge in [0.25, 0.3) is 0 Å². The van der Waals surface area contributed by atoms with Crippen LogP contribution in [0.1, 0.15) is 72.0 Å². The van der Waals surface area contributed by atoms with Gasteiger partial charge in [-0.25, -0.2) is 9.59 Å². The second kappa shape index (κ2) is 9.22. The summed E-state index contributed by atoms with van der Waals surface area (Å²) in [4.78, 5) is 24.6. The van der Waals surface area contributed by atoms with Gasteiger partial charge >= 0.3 is 11.9 Å². The summed E-state index contributed by atoms with van der Waals surface area (Å²) in [7, 11) is 2.62. The van der Waals surface area contributed by atoms with Crippen LogP contribution in [-0.2, 0) is 9.47 Å². The minimum atomic E-state index is -0.514. The number of ether oxygens (including phenoxy) is 2. The number of rotatable bonds is 4. The van der Waals surface area contributed by atoms with Crippen LogP contribution in [0, 0.1) is 18.3 Å². The Kier molecular flexibility index (Phi) is 7.45. The van der Waals surface area contributed by atoms with Gasteiger partial charge in [0.15, 0.2) is 5.11 Å². The second-order valence-corrected chi connectivity index (χ2v) is 9.69. The van der Waals surface area contributed by atoms with E-state index in [4.69, 9.17) is 21.7 Å². The Balaban J connectivity index is 2.07. The summed E-state index contributed by atoms with van der Waals surface area (Å²) in [6.07, 6.45) is 4.46. The standard InChI is InChI=1S/C20H30N2O4S2/c1-11-14(17(23)25-5)16(28-15(11)18(24)26-6)22-19(27)21-13-9-7-12(8-10-13)20(2,3)4/h12-13H,7-10H2,1-6H3,(H2,21,22,27). The van der Waals surface area contributed by atoms with Crippen molar-refractivity contribution in [1.82, 2.24) is 5.32 Å². The minimum Gasteiger partial charge on any atom is -0.465 e. The number of carbonyl (C=O) groups is 2.